The minimum Gasteiger partial charge on any atom is -0.337 e. The summed E-state index contributed by atoms with van der Waals surface area (Å²) in [7, 11) is 0. The third kappa shape index (κ3) is 3.19. The Kier molecular flexibility index (Phi) is 4.52. The molecular formula is C17H21N3OS. The van der Waals surface area contributed by atoms with Crippen LogP contribution >= 0.6 is 11.8 Å². The van der Waals surface area contributed by atoms with Crippen LogP contribution in [0.2, 0.25) is 0 Å². The molecule has 1 aromatic heterocycles. The maximum atomic E-state index is 12.7. The van der Waals surface area contributed by atoms with Crippen molar-refractivity contribution in [3.05, 3.63) is 48.5 Å². The summed E-state index contributed by atoms with van der Waals surface area (Å²) in [5, 5.41) is 0.544. The van der Waals surface area contributed by atoms with E-state index in [2.05, 4.69) is 18.8 Å². The molecule has 2 aromatic rings. The zero-order valence-electron chi connectivity index (χ0n) is 13.0. The predicted octanol–water partition coefficient (Wildman–Crippen LogP) is 3.09. The predicted molar refractivity (Wildman–Crippen MR) is 90.6 cm³/mol. The Morgan fingerprint density at radius 1 is 1.32 bits per heavy atom. The van der Waals surface area contributed by atoms with Crippen molar-refractivity contribution in [2.75, 3.05) is 18.8 Å². The number of nitrogens with zero attached hydrogens (tertiary/aromatic N) is 3. The maximum Gasteiger partial charge on any atom is 0.253 e. The second kappa shape index (κ2) is 6.57. The van der Waals surface area contributed by atoms with E-state index >= 15 is 0 Å². The molecule has 1 amide bonds. The lowest BCUT2D eigenvalue weighted by Gasteiger charge is -2.34. The third-order valence-corrected chi connectivity index (χ3v) is 5.58. The number of benzene rings is 1. The van der Waals surface area contributed by atoms with E-state index < -0.39 is 0 Å². The van der Waals surface area contributed by atoms with E-state index in [9.17, 15) is 4.79 Å². The molecule has 1 aliphatic heterocycles. The third-order valence-electron chi connectivity index (χ3n) is 4.04. The van der Waals surface area contributed by atoms with Crippen molar-refractivity contribution in [1.82, 2.24) is 14.5 Å². The second-order valence-corrected chi connectivity index (χ2v) is 7.27. The number of carbonyl (C=O) groups excluding carboxylic acids is 1. The number of hydrogen-bond donors (Lipinski definition) is 0. The van der Waals surface area contributed by atoms with Gasteiger partial charge < -0.3 is 9.47 Å². The molecule has 4 nitrogen and oxygen atoms in total. The molecule has 1 aromatic carbocycles. The van der Waals surface area contributed by atoms with Crippen molar-refractivity contribution in [2.45, 2.75) is 19.1 Å². The summed E-state index contributed by atoms with van der Waals surface area (Å²) in [5.41, 5.74) is 1.78. The monoisotopic (exact) mass is 315 g/mol. The highest BCUT2D eigenvalue weighted by molar-refractivity contribution is 8.00. The molecule has 22 heavy (non-hydrogen) atoms. The van der Waals surface area contributed by atoms with Gasteiger partial charge in [0.25, 0.3) is 5.91 Å². The van der Waals surface area contributed by atoms with Gasteiger partial charge >= 0.3 is 0 Å². The molecule has 1 fully saturated rings. The molecule has 3 rings (SSSR count). The number of hydrogen-bond acceptors (Lipinski definition) is 3. The molecule has 0 saturated carbocycles. The Balaban J connectivity index is 1.72. The van der Waals surface area contributed by atoms with Crippen molar-refractivity contribution >= 4 is 17.7 Å². The van der Waals surface area contributed by atoms with Gasteiger partial charge in [0, 0.05) is 47.7 Å². The Morgan fingerprint density at radius 2 is 2.09 bits per heavy atom. The Morgan fingerprint density at radius 3 is 2.73 bits per heavy atom. The van der Waals surface area contributed by atoms with Gasteiger partial charge in [-0.2, -0.15) is 11.8 Å². The molecular weight excluding hydrogens is 294 g/mol. The average molecular weight is 315 g/mol. The van der Waals surface area contributed by atoms with Gasteiger partial charge in [-0.05, 0) is 30.2 Å². The smallest absolute Gasteiger partial charge is 0.253 e. The SMILES string of the molecule is CC(C)[C@H]1CN(C(=O)c2ccc(-n3ccnc3)cc2)CCS1. The summed E-state index contributed by atoms with van der Waals surface area (Å²) in [6.45, 7) is 6.15. The molecule has 1 atom stereocenters. The molecule has 2 heterocycles. The molecule has 0 bridgehead atoms. The van der Waals surface area contributed by atoms with Gasteiger partial charge in [-0.1, -0.05) is 13.8 Å². The van der Waals surface area contributed by atoms with Crippen molar-refractivity contribution in [3.63, 3.8) is 0 Å². The van der Waals surface area contributed by atoms with Crippen LogP contribution in [0, 0.1) is 5.92 Å². The number of thioether (sulfide) groups is 1. The number of rotatable bonds is 3. The lowest BCUT2D eigenvalue weighted by atomic mass is 10.1. The lowest BCUT2D eigenvalue weighted by Crippen LogP contribution is -2.43. The first-order valence-corrected chi connectivity index (χ1v) is 8.69. The highest BCUT2D eigenvalue weighted by atomic mass is 32.2. The van der Waals surface area contributed by atoms with Crippen molar-refractivity contribution in [3.8, 4) is 5.69 Å². The highest BCUT2D eigenvalue weighted by Gasteiger charge is 2.26. The van der Waals surface area contributed by atoms with E-state index in [4.69, 9.17) is 0 Å². The fourth-order valence-electron chi connectivity index (χ4n) is 2.63. The zero-order valence-corrected chi connectivity index (χ0v) is 13.8. The maximum absolute atomic E-state index is 12.7. The highest BCUT2D eigenvalue weighted by Crippen LogP contribution is 2.26. The topological polar surface area (TPSA) is 38.1 Å². The molecule has 0 aliphatic carbocycles. The first kappa shape index (κ1) is 15.2. The second-order valence-electron chi connectivity index (χ2n) is 5.92. The molecule has 1 saturated heterocycles. The van der Waals surface area contributed by atoms with Crippen molar-refractivity contribution in [2.24, 2.45) is 5.92 Å². The van der Waals surface area contributed by atoms with E-state index in [1.165, 1.54) is 0 Å². The quantitative estimate of drug-likeness (QED) is 0.873. The molecule has 5 heteroatoms. The van der Waals surface area contributed by atoms with Crippen molar-refractivity contribution < 1.29 is 4.79 Å². The normalized spacial score (nSPS) is 18.7. The van der Waals surface area contributed by atoms with Crippen molar-refractivity contribution in [1.29, 1.82) is 0 Å². The van der Waals surface area contributed by atoms with Crippen LogP contribution in [0.3, 0.4) is 0 Å². The first-order valence-electron chi connectivity index (χ1n) is 7.64. The van der Waals surface area contributed by atoms with Crippen LogP contribution in [0.25, 0.3) is 5.69 Å². The van der Waals surface area contributed by atoms with Crippen LogP contribution in [-0.4, -0.2) is 44.5 Å². The molecule has 116 valence electrons. The van der Waals surface area contributed by atoms with Gasteiger partial charge in [0.2, 0.25) is 0 Å². The zero-order chi connectivity index (χ0) is 15.5. The standard InChI is InChI=1S/C17H21N3OS/c1-13(2)16-11-19(9-10-22-16)17(21)14-3-5-15(6-4-14)20-8-7-18-12-20/h3-8,12-13,16H,9-11H2,1-2H3/t16-/m1/s1. The number of carbonyl (C=O) groups is 1. The number of aromatic nitrogens is 2. The molecule has 0 unspecified atom stereocenters. The number of amides is 1. The largest absolute Gasteiger partial charge is 0.337 e. The molecule has 0 N–H and O–H groups in total. The fourth-order valence-corrected chi connectivity index (χ4v) is 3.93. The van der Waals surface area contributed by atoms with Gasteiger partial charge in [-0.3, -0.25) is 4.79 Å². The molecule has 0 radical (unpaired) electrons. The Labute approximate surface area is 135 Å². The van der Waals surface area contributed by atoms with E-state index in [0.29, 0.717) is 11.2 Å². The Bertz CT molecular complexity index is 622. The van der Waals surface area contributed by atoms with Crippen LogP contribution < -0.4 is 0 Å². The summed E-state index contributed by atoms with van der Waals surface area (Å²) >= 11 is 1.98. The van der Waals surface area contributed by atoms with Crippen LogP contribution in [0.1, 0.15) is 24.2 Å². The lowest BCUT2D eigenvalue weighted by molar-refractivity contribution is 0.0756. The molecule has 0 spiro atoms. The van der Waals surface area contributed by atoms with Gasteiger partial charge in [-0.25, -0.2) is 4.98 Å². The minimum atomic E-state index is 0.142. The van der Waals surface area contributed by atoms with E-state index in [-0.39, 0.29) is 5.91 Å². The van der Waals surface area contributed by atoms with Crippen LogP contribution in [0.15, 0.2) is 43.0 Å². The summed E-state index contributed by atoms with van der Waals surface area (Å²) < 4.78 is 1.93. The van der Waals surface area contributed by atoms with Gasteiger partial charge in [0.1, 0.15) is 0 Å². The van der Waals surface area contributed by atoms with Gasteiger partial charge in [0.15, 0.2) is 0 Å². The summed E-state index contributed by atoms with van der Waals surface area (Å²) in [5.74, 6) is 1.77. The van der Waals surface area contributed by atoms with E-state index in [0.717, 1.165) is 30.1 Å². The van der Waals surface area contributed by atoms with Gasteiger partial charge in [-0.15, -0.1) is 0 Å². The molecule has 1 aliphatic rings. The minimum absolute atomic E-state index is 0.142. The Hall–Kier alpha value is -1.75. The summed E-state index contributed by atoms with van der Waals surface area (Å²) in [4.78, 5) is 18.7. The summed E-state index contributed by atoms with van der Waals surface area (Å²) in [6.07, 6.45) is 5.40. The average Bonchev–Trinajstić information content (AvgIpc) is 3.09. The van der Waals surface area contributed by atoms with E-state index in [1.54, 1.807) is 12.5 Å². The van der Waals surface area contributed by atoms with E-state index in [1.807, 2.05) is 51.7 Å². The first-order chi connectivity index (χ1) is 10.6. The summed E-state index contributed by atoms with van der Waals surface area (Å²) in [6, 6.07) is 7.74. The number of imidazole rings is 1. The van der Waals surface area contributed by atoms with Crippen LogP contribution in [0.4, 0.5) is 0 Å². The fraction of sp³-hybridized carbons (Fsp3) is 0.412. The van der Waals surface area contributed by atoms with Gasteiger partial charge in [0.05, 0.1) is 6.33 Å². The van der Waals surface area contributed by atoms with Crippen LogP contribution in [-0.2, 0) is 0 Å². The van der Waals surface area contributed by atoms with Crippen LogP contribution in [0.5, 0.6) is 0 Å².